The molecule has 0 amide bonds. The zero-order valence-electron chi connectivity index (χ0n) is 34.1. The molecule has 0 N–H and O–H groups in total. The van der Waals surface area contributed by atoms with Gasteiger partial charge in [0.1, 0.15) is 0 Å². The van der Waals surface area contributed by atoms with Crippen molar-refractivity contribution in [2.45, 2.75) is 178 Å². The second-order valence-corrected chi connectivity index (χ2v) is 21.2. The number of unbranched alkanes of at least 4 members (excludes halogenated alkanes) is 9. The number of hydrogen-bond donors (Lipinski definition) is 0. The third-order valence-corrected chi connectivity index (χ3v) is 16.9. The summed E-state index contributed by atoms with van der Waals surface area (Å²) in [7, 11) is 1.27. The molecular weight excluding hydrogens is 685 g/mol. The summed E-state index contributed by atoms with van der Waals surface area (Å²) in [6.45, 7) is 20.8. The zero-order valence-corrected chi connectivity index (χ0v) is 37.7. The molecule has 0 aliphatic carbocycles. The SMILES string of the molecule is CCCCP(CCCC)CCCC.CCCCP(CCCC)CCCC.CCCCP(CCCC)CCCC.[C-]#Cc1ccccc1.[Cu+]. The molecule has 1 aromatic rings. The van der Waals surface area contributed by atoms with Crippen molar-refractivity contribution in [2.24, 2.45) is 0 Å². The first-order chi connectivity index (χ1) is 23.0. The molecule has 4 heteroatoms. The van der Waals surface area contributed by atoms with E-state index in [0.29, 0.717) is 23.8 Å². The standard InChI is InChI=1S/3C12H27P.C8H5.Cu/c3*1-4-7-10-13(11-8-5-2)12-9-6-3;1-2-8-6-4-3-5-7-8;/h3*4-12H2,1-3H3;3-7H;/q;;;-1;+1. The number of rotatable bonds is 27. The quantitative estimate of drug-likeness (QED) is 0.0362. The maximum absolute atomic E-state index is 6.69. The van der Waals surface area contributed by atoms with Gasteiger partial charge in [0.05, 0.1) is 0 Å². The molecule has 288 valence electrons. The topological polar surface area (TPSA) is 0 Å². The molecule has 0 spiro atoms. The molecule has 0 fully saturated rings. The molecule has 0 heterocycles. The van der Waals surface area contributed by atoms with Gasteiger partial charge in [0.25, 0.3) is 0 Å². The van der Waals surface area contributed by atoms with Gasteiger partial charge in [-0.3, -0.25) is 5.92 Å². The van der Waals surface area contributed by atoms with E-state index in [4.69, 9.17) is 6.42 Å². The van der Waals surface area contributed by atoms with E-state index in [1.165, 1.54) is 116 Å². The first-order valence-corrected chi connectivity index (χ1v) is 26.3. The number of benzene rings is 1. The molecule has 0 unspecified atom stereocenters. The minimum absolute atomic E-state index is 0. The summed E-state index contributed by atoms with van der Waals surface area (Å²) in [5.74, 6) is 2.28. The van der Waals surface area contributed by atoms with Crippen LogP contribution in [-0.2, 0) is 17.1 Å². The van der Waals surface area contributed by atoms with E-state index in [0.717, 1.165) is 5.56 Å². The molecule has 0 aromatic heterocycles. The smallest absolute Gasteiger partial charge is 0.366 e. The molecule has 1 rings (SSSR count). The van der Waals surface area contributed by atoms with Crippen LogP contribution in [0.15, 0.2) is 30.3 Å². The average molecular weight is 772 g/mol. The van der Waals surface area contributed by atoms with Crippen molar-refractivity contribution in [1.29, 1.82) is 0 Å². The molecule has 0 saturated heterocycles. The predicted octanol–water partition coefficient (Wildman–Crippen LogP) is 16.2. The summed E-state index contributed by atoms with van der Waals surface area (Å²) < 4.78 is 0. The first-order valence-electron chi connectivity index (χ1n) is 20.6. The van der Waals surface area contributed by atoms with Gasteiger partial charge in [0.2, 0.25) is 0 Å². The van der Waals surface area contributed by atoms with Gasteiger partial charge in [0.15, 0.2) is 0 Å². The molecule has 0 aliphatic heterocycles. The largest absolute Gasteiger partial charge is 1.00 e. The van der Waals surface area contributed by atoms with Crippen molar-refractivity contribution in [2.75, 3.05) is 55.5 Å². The van der Waals surface area contributed by atoms with Crippen LogP contribution < -0.4 is 0 Å². The van der Waals surface area contributed by atoms with E-state index in [9.17, 15) is 0 Å². The van der Waals surface area contributed by atoms with Crippen molar-refractivity contribution in [3.63, 3.8) is 0 Å². The molecule has 0 saturated carbocycles. The maximum atomic E-state index is 6.69. The Hall–Kier alpha value is 0.589. The van der Waals surface area contributed by atoms with Crippen LogP contribution in [0.3, 0.4) is 0 Å². The Morgan fingerprint density at radius 1 is 0.375 bits per heavy atom. The van der Waals surface area contributed by atoms with E-state index in [1.54, 1.807) is 55.5 Å². The van der Waals surface area contributed by atoms with E-state index in [1.807, 2.05) is 30.3 Å². The molecule has 48 heavy (non-hydrogen) atoms. The Balaban J connectivity index is -0.000000270. The van der Waals surface area contributed by atoms with Crippen molar-refractivity contribution in [3.8, 4) is 5.92 Å². The van der Waals surface area contributed by atoms with Crippen LogP contribution in [-0.4, -0.2) is 55.5 Å². The van der Waals surface area contributed by atoms with Crippen LogP contribution in [0, 0.1) is 12.3 Å². The fourth-order valence-electron chi connectivity index (χ4n) is 4.96. The molecule has 0 aliphatic rings. The van der Waals surface area contributed by atoms with Gasteiger partial charge >= 0.3 is 17.1 Å². The van der Waals surface area contributed by atoms with Gasteiger partial charge in [-0.05, 0) is 113 Å². The summed E-state index contributed by atoms with van der Waals surface area (Å²) in [6, 6.07) is 9.37. The van der Waals surface area contributed by atoms with E-state index in [-0.39, 0.29) is 17.1 Å². The van der Waals surface area contributed by atoms with Crippen LogP contribution in [0.4, 0.5) is 0 Å². The van der Waals surface area contributed by atoms with Gasteiger partial charge in [-0.15, -0.1) is 41.5 Å². The fourth-order valence-corrected chi connectivity index (χ4v) is 13.8. The summed E-state index contributed by atoms with van der Waals surface area (Å²) >= 11 is 0. The predicted molar refractivity (Wildman–Crippen MR) is 231 cm³/mol. The second-order valence-electron chi connectivity index (χ2n) is 13.2. The van der Waals surface area contributed by atoms with E-state index in [2.05, 4.69) is 68.2 Å². The van der Waals surface area contributed by atoms with Crippen LogP contribution in [0.1, 0.15) is 183 Å². The minimum atomic E-state index is 0. The summed E-state index contributed by atoms with van der Waals surface area (Å²) in [5, 5.41) is 0. The van der Waals surface area contributed by atoms with Crippen molar-refractivity contribution < 1.29 is 17.1 Å². The monoisotopic (exact) mass is 771 g/mol. The Labute approximate surface area is 320 Å². The minimum Gasteiger partial charge on any atom is -0.366 e. The molecule has 0 nitrogen and oxygen atoms in total. The maximum Gasteiger partial charge on any atom is 1.00 e. The van der Waals surface area contributed by atoms with Gasteiger partial charge in [-0.1, -0.05) is 138 Å². The van der Waals surface area contributed by atoms with Crippen molar-refractivity contribution in [1.82, 2.24) is 0 Å². The summed E-state index contributed by atoms with van der Waals surface area (Å²) in [6.07, 6.45) is 46.3. The summed E-state index contributed by atoms with van der Waals surface area (Å²) in [4.78, 5) is 0. The normalized spacial score (nSPS) is 10.3. The van der Waals surface area contributed by atoms with E-state index < -0.39 is 0 Å². The molecule has 0 radical (unpaired) electrons. The first kappa shape index (κ1) is 55.3. The Morgan fingerprint density at radius 3 is 0.688 bits per heavy atom. The fraction of sp³-hybridized carbons (Fsp3) is 0.818. The molecule has 0 atom stereocenters. The van der Waals surface area contributed by atoms with Crippen LogP contribution in [0.2, 0.25) is 0 Å². The molecular formula is C44H86CuP3. The van der Waals surface area contributed by atoms with Crippen molar-refractivity contribution >= 4 is 23.8 Å². The number of hydrogen-bond acceptors (Lipinski definition) is 0. The van der Waals surface area contributed by atoms with Gasteiger partial charge in [0, 0.05) is 0 Å². The second kappa shape index (κ2) is 49.7. The molecule has 0 bridgehead atoms. The van der Waals surface area contributed by atoms with E-state index >= 15 is 0 Å². The van der Waals surface area contributed by atoms with Crippen molar-refractivity contribution in [3.05, 3.63) is 42.3 Å². The van der Waals surface area contributed by atoms with Gasteiger partial charge in [-0.25, -0.2) is 0 Å². The Bertz CT molecular complexity index is 591. The van der Waals surface area contributed by atoms with Gasteiger partial charge < -0.3 is 6.42 Å². The van der Waals surface area contributed by atoms with Crippen LogP contribution in [0.25, 0.3) is 0 Å². The third kappa shape index (κ3) is 44.6. The van der Waals surface area contributed by atoms with Crippen LogP contribution in [0.5, 0.6) is 0 Å². The third-order valence-electron chi connectivity index (χ3n) is 8.37. The average Bonchev–Trinajstić information content (AvgIpc) is 3.11. The molecule has 1 aromatic carbocycles. The van der Waals surface area contributed by atoms with Crippen LogP contribution >= 0.6 is 23.8 Å². The summed E-state index contributed by atoms with van der Waals surface area (Å²) in [5.41, 5.74) is 0.826. The Morgan fingerprint density at radius 2 is 0.562 bits per heavy atom. The zero-order chi connectivity index (χ0) is 35.6. The van der Waals surface area contributed by atoms with Gasteiger partial charge in [-0.2, -0.15) is 0 Å². The Kier molecular flexibility index (Phi) is 57.3.